The number of aromatic nitrogens is 2. The van der Waals surface area contributed by atoms with Crippen LogP contribution < -0.4 is 10.9 Å². The Hall–Kier alpha value is -3.32. The molecule has 2 heterocycles. The summed E-state index contributed by atoms with van der Waals surface area (Å²) in [7, 11) is 0. The molecule has 5 rings (SSSR count). The van der Waals surface area contributed by atoms with Gasteiger partial charge in [0.25, 0.3) is 0 Å². The Balaban J connectivity index is 1.74. The number of rotatable bonds is 4. The Bertz CT molecular complexity index is 1380. The Labute approximate surface area is 182 Å². The Morgan fingerprint density at radius 1 is 1.23 bits per heavy atom. The van der Waals surface area contributed by atoms with Gasteiger partial charge in [-0.2, -0.15) is 0 Å². The van der Waals surface area contributed by atoms with Crippen LogP contribution in [0.15, 0.2) is 45.6 Å². The molecule has 4 aromatic rings. The molecule has 0 bridgehead atoms. The van der Waals surface area contributed by atoms with E-state index in [-0.39, 0.29) is 11.6 Å². The van der Waals surface area contributed by atoms with Crippen LogP contribution in [0.2, 0.25) is 5.02 Å². The fourth-order valence-electron chi connectivity index (χ4n) is 4.47. The average Bonchev–Trinajstić information content (AvgIpc) is 3.35. The standard InChI is InChI=1S/C23H20ClN3O4/c1-12-16-10-17-18(11-19(16)31-22(30)20(12)21(28)29)27(15-4-2-3-5-15)23(26-17)25-14-8-6-13(24)7-9-14/h6-11,15H,2-5H2,1H3,(H,25,26)(H,28,29). The van der Waals surface area contributed by atoms with Crippen molar-refractivity contribution in [3.8, 4) is 0 Å². The van der Waals surface area contributed by atoms with Crippen LogP contribution >= 0.6 is 11.6 Å². The average molecular weight is 438 g/mol. The first-order valence-electron chi connectivity index (χ1n) is 10.2. The van der Waals surface area contributed by atoms with Crippen LogP contribution in [0.4, 0.5) is 11.6 Å². The second-order valence-electron chi connectivity index (χ2n) is 7.91. The first-order chi connectivity index (χ1) is 14.9. The fraction of sp³-hybridized carbons (Fsp3) is 0.261. The number of aryl methyl sites for hydroxylation is 1. The minimum atomic E-state index is -1.30. The van der Waals surface area contributed by atoms with Crippen LogP contribution in [0.5, 0.6) is 0 Å². The minimum absolute atomic E-state index is 0.281. The summed E-state index contributed by atoms with van der Waals surface area (Å²) in [6, 6.07) is 11.3. The van der Waals surface area contributed by atoms with Crippen LogP contribution in [-0.2, 0) is 0 Å². The quantitative estimate of drug-likeness (QED) is 0.400. The number of carboxylic acid groups (broad SMARTS) is 1. The van der Waals surface area contributed by atoms with Crippen molar-refractivity contribution in [3.05, 3.63) is 63.0 Å². The molecule has 0 spiro atoms. The number of hydrogen-bond donors (Lipinski definition) is 2. The van der Waals surface area contributed by atoms with Gasteiger partial charge in [0.05, 0.1) is 11.0 Å². The molecule has 0 amide bonds. The van der Waals surface area contributed by atoms with Crippen molar-refractivity contribution in [1.82, 2.24) is 9.55 Å². The smallest absolute Gasteiger partial charge is 0.351 e. The predicted octanol–water partition coefficient (Wildman–Crippen LogP) is 5.66. The number of halogens is 1. The molecular weight excluding hydrogens is 418 g/mol. The minimum Gasteiger partial charge on any atom is -0.477 e. The zero-order valence-corrected chi connectivity index (χ0v) is 17.6. The summed E-state index contributed by atoms with van der Waals surface area (Å²) < 4.78 is 7.55. The molecule has 1 aliphatic rings. The molecular formula is C23H20ClN3O4. The van der Waals surface area contributed by atoms with E-state index in [9.17, 15) is 14.7 Å². The third kappa shape index (κ3) is 3.35. The topological polar surface area (TPSA) is 97.4 Å². The number of carbonyl (C=O) groups is 1. The summed E-state index contributed by atoms with van der Waals surface area (Å²) in [6.45, 7) is 1.62. The number of nitrogens with one attached hydrogen (secondary N) is 1. The molecule has 158 valence electrons. The van der Waals surface area contributed by atoms with E-state index in [4.69, 9.17) is 21.0 Å². The number of imidazole rings is 1. The largest absolute Gasteiger partial charge is 0.477 e. The van der Waals surface area contributed by atoms with E-state index in [0.29, 0.717) is 33.0 Å². The zero-order chi connectivity index (χ0) is 21.7. The van der Waals surface area contributed by atoms with Gasteiger partial charge in [0.15, 0.2) is 0 Å². The van der Waals surface area contributed by atoms with Gasteiger partial charge in [0.2, 0.25) is 5.95 Å². The maximum absolute atomic E-state index is 12.3. The number of aromatic carboxylic acids is 1. The lowest BCUT2D eigenvalue weighted by molar-refractivity contribution is 0.0691. The zero-order valence-electron chi connectivity index (χ0n) is 16.8. The molecule has 1 fully saturated rings. The summed E-state index contributed by atoms with van der Waals surface area (Å²) >= 11 is 6.01. The fourth-order valence-corrected chi connectivity index (χ4v) is 4.59. The first kappa shape index (κ1) is 19.6. The van der Waals surface area contributed by atoms with Crippen LogP contribution in [0.3, 0.4) is 0 Å². The summed E-state index contributed by atoms with van der Waals surface area (Å²) in [6.07, 6.45) is 4.38. The van der Waals surface area contributed by atoms with Gasteiger partial charge in [-0.25, -0.2) is 14.6 Å². The van der Waals surface area contributed by atoms with E-state index in [0.717, 1.165) is 36.9 Å². The number of carboxylic acids is 1. The second-order valence-corrected chi connectivity index (χ2v) is 8.34. The van der Waals surface area contributed by atoms with E-state index in [1.54, 1.807) is 19.1 Å². The number of hydrogen-bond acceptors (Lipinski definition) is 5. The third-order valence-corrected chi connectivity index (χ3v) is 6.23. The number of nitrogens with zero attached hydrogens (tertiary/aromatic N) is 2. The van der Waals surface area contributed by atoms with E-state index in [1.807, 2.05) is 24.3 Å². The van der Waals surface area contributed by atoms with Gasteiger partial charge in [-0.05, 0) is 55.7 Å². The maximum atomic E-state index is 12.3. The second kappa shape index (κ2) is 7.42. The van der Waals surface area contributed by atoms with Gasteiger partial charge in [0.1, 0.15) is 11.1 Å². The van der Waals surface area contributed by atoms with Crippen LogP contribution in [0.1, 0.15) is 47.6 Å². The highest BCUT2D eigenvalue weighted by Crippen LogP contribution is 2.37. The Kier molecular flexibility index (Phi) is 4.70. The van der Waals surface area contributed by atoms with Gasteiger partial charge >= 0.3 is 11.6 Å². The lowest BCUT2D eigenvalue weighted by Gasteiger charge is -2.17. The molecule has 8 heteroatoms. The number of anilines is 2. The molecule has 1 aliphatic carbocycles. The monoisotopic (exact) mass is 437 g/mol. The molecule has 0 atom stereocenters. The van der Waals surface area contributed by atoms with Gasteiger partial charge in [-0.3, -0.25) is 0 Å². The van der Waals surface area contributed by atoms with Crippen molar-refractivity contribution in [2.24, 2.45) is 0 Å². The predicted molar refractivity (Wildman–Crippen MR) is 120 cm³/mol. The van der Waals surface area contributed by atoms with E-state index < -0.39 is 11.6 Å². The molecule has 0 saturated heterocycles. The molecule has 0 aliphatic heterocycles. The van der Waals surface area contributed by atoms with Gasteiger partial charge < -0.3 is 19.4 Å². The normalized spacial score (nSPS) is 14.5. The van der Waals surface area contributed by atoms with Crippen molar-refractivity contribution >= 4 is 51.2 Å². The van der Waals surface area contributed by atoms with Gasteiger partial charge in [-0.15, -0.1) is 0 Å². The third-order valence-electron chi connectivity index (χ3n) is 5.98. The molecule has 0 unspecified atom stereocenters. The van der Waals surface area contributed by atoms with Crippen molar-refractivity contribution in [2.45, 2.75) is 38.6 Å². The van der Waals surface area contributed by atoms with E-state index >= 15 is 0 Å². The number of fused-ring (bicyclic) bond motifs is 2. The summed E-state index contributed by atoms with van der Waals surface area (Å²) in [5.74, 6) is -0.604. The lowest BCUT2D eigenvalue weighted by atomic mass is 10.1. The summed E-state index contributed by atoms with van der Waals surface area (Å²) in [5.41, 5.74) is 1.97. The molecule has 2 aromatic carbocycles. The highest BCUT2D eigenvalue weighted by Gasteiger charge is 2.25. The summed E-state index contributed by atoms with van der Waals surface area (Å²) in [4.78, 5) is 28.6. The molecule has 1 saturated carbocycles. The van der Waals surface area contributed by atoms with Crippen molar-refractivity contribution < 1.29 is 14.3 Å². The van der Waals surface area contributed by atoms with Gasteiger partial charge in [-0.1, -0.05) is 24.4 Å². The van der Waals surface area contributed by atoms with Crippen LogP contribution in [0, 0.1) is 6.92 Å². The Morgan fingerprint density at radius 2 is 1.94 bits per heavy atom. The van der Waals surface area contributed by atoms with Crippen LogP contribution in [-0.4, -0.2) is 20.6 Å². The van der Waals surface area contributed by atoms with Crippen LogP contribution in [0.25, 0.3) is 22.0 Å². The maximum Gasteiger partial charge on any atom is 0.351 e. The molecule has 2 aromatic heterocycles. The van der Waals surface area contributed by atoms with Crippen molar-refractivity contribution in [1.29, 1.82) is 0 Å². The van der Waals surface area contributed by atoms with E-state index in [2.05, 4.69) is 9.88 Å². The highest BCUT2D eigenvalue weighted by atomic mass is 35.5. The lowest BCUT2D eigenvalue weighted by Crippen LogP contribution is -2.15. The molecule has 31 heavy (non-hydrogen) atoms. The molecule has 2 N–H and O–H groups in total. The van der Waals surface area contributed by atoms with Crippen molar-refractivity contribution in [2.75, 3.05) is 5.32 Å². The Morgan fingerprint density at radius 3 is 2.61 bits per heavy atom. The summed E-state index contributed by atoms with van der Waals surface area (Å²) in [5, 5.41) is 14.0. The first-order valence-corrected chi connectivity index (χ1v) is 10.6. The molecule has 7 nitrogen and oxygen atoms in total. The van der Waals surface area contributed by atoms with Crippen molar-refractivity contribution in [3.63, 3.8) is 0 Å². The van der Waals surface area contributed by atoms with E-state index in [1.165, 1.54) is 0 Å². The molecule has 0 radical (unpaired) electrons. The van der Waals surface area contributed by atoms with Gasteiger partial charge in [0, 0.05) is 28.2 Å². The number of benzene rings is 2. The highest BCUT2D eigenvalue weighted by molar-refractivity contribution is 6.30. The SMILES string of the molecule is Cc1c(C(=O)O)c(=O)oc2cc3c(cc12)nc(Nc1ccc(Cl)cc1)n3C1CCCC1.